The Morgan fingerprint density at radius 1 is 1.19 bits per heavy atom. The number of halogens is 3. The molecule has 1 aromatic carbocycles. The van der Waals surface area contributed by atoms with Crippen LogP contribution < -0.4 is 4.72 Å². The Balaban J connectivity index is 2.06. The largest absolute Gasteiger partial charge is 0.248 e. The number of benzene rings is 1. The first kappa shape index (κ1) is 16.6. The lowest BCUT2D eigenvalue weighted by Gasteiger charge is -2.37. The molecule has 2 rings (SSSR count). The van der Waals surface area contributed by atoms with Crippen LogP contribution in [0.5, 0.6) is 0 Å². The Kier molecular flexibility index (Phi) is 4.61. The van der Waals surface area contributed by atoms with Crippen LogP contribution in [0.4, 0.5) is 8.78 Å². The van der Waals surface area contributed by atoms with E-state index < -0.39 is 21.5 Å². The molecule has 0 amide bonds. The van der Waals surface area contributed by atoms with E-state index in [9.17, 15) is 17.2 Å². The first-order valence-corrected chi connectivity index (χ1v) is 8.77. The van der Waals surface area contributed by atoms with E-state index in [0.717, 1.165) is 0 Å². The third-order valence-electron chi connectivity index (χ3n) is 3.79. The van der Waals surface area contributed by atoms with Gasteiger partial charge in [-0.2, -0.15) is 0 Å². The summed E-state index contributed by atoms with van der Waals surface area (Å²) in [6.07, 6.45) is -0.334. The van der Waals surface area contributed by atoms with Crippen LogP contribution in [0.3, 0.4) is 0 Å². The normalized spacial score (nSPS) is 21.1. The molecule has 0 aromatic heterocycles. The number of rotatable bonds is 4. The third kappa shape index (κ3) is 4.63. The molecule has 1 aromatic rings. The van der Waals surface area contributed by atoms with Crippen molar-refractivity contribution in [3.8, 4) is 0 Å². The van der Waals surface area contributed by atoms with Crippen LogP contribution in [0.25, 0.3) is 0 Å². The van der Waals surface area contributed by atoms with Crippen molar-refractivity contribution in [2.45, 2.75) is 49.8 Å². The van der Waals surface area contributed by atoms with Gasteiger partial charge >= 0.3 is 0 Å². The third-order valence-corrected chi connectivity index (χ3v) is 5.65. The highest BCUT2D eigenvalue weighted by Crippen LogP contribution is 2.38. The van der Waals surface area contributed by atoms with E-state index in [1.54, 1.807) is 31.2 Å². The first-order chi connectivity index (χ1) is 9.61. The second-order valence-corrected chi connectivity index (χ2v) is 8.00. The van der Waals surface area contributed by atoms with Crippen molar-refractivity contribution in [1.29, 1.82) is 0 Å². The molecule has 1 N–H and O–H groups in total. The first-order valence-electron chi connectivity index (χ1n) is 6.74. The van der Waals surface area contributed by atoms with Gasteiger partial charge in [-0.25, -0.2) is 21.9 Å². The van der Waals surface area contributed by atoms with Crippen LogP contribution in [0.15, 0.2) is 24.3 Å². The lowest BCUT2D eigenvalue weighted by Crippen LogP contribution is -2.50. The maximum Gasteiger partial charge on any atom is 0.248 e. The summed E-state index contributed by atoms with van der Waals surface area (Å²) >= 11 is 5.95. The summed E-state index contributed by atoms with van der Waals surface area (Å²) in [5.41, 5.74) is -0.321. The molecule has 0 atom stereocenters. The molecule has 7 heteroatoms. The van der Waals surface area contributed by atoms with Crippen molar-refractivity contribution in [3.05, 3.63) is 34.9 Å². The molecule has 0 heterocycles. The maximum atomic E-state index is 13.2. The second-order valence-electron chi connectivity index (χ2n) is 5.87. The summed E-state index contributed by atoms with van der Waals surface area (Å²) in [6, 6.07) is 6.68. The molecule has 118 valence electrons. The fourth-order valence-electron chi connectivity index (χ4n) is 2.50. The number of sulfonamides is 1. The van der Waals surface area contributed by atoms with E-state index in [0.29, 0.717) is 10.6 Å². The lowest BCUT2D eigenvalue weighted by molar-refractivity contribution is -0.0504. The van der Waals surface area contributed by atoms with Crippen molar-refractivity contribution in [2.24, 2.45) is 0 Å². The summed E-state index contributed by atoms with van der Waals surface area (Å²) in [4.78, 5) is 0. The van der Waals surface area contributed by atoms with Gasteiger partial charge in [-0.05, 0) is 31.4 Å². The van der Waals surface area contributed by atoms with Crippen molar-refractivity contribution in [3.63, 3.8) is 0 Å². The van der Waals surface area contributed by atoms with E-state index in [1.165, 1.54) is 0 Å². The molecule has 1 aliphatic carbocycles. The Labute approximate surface area is 128 Å². The van der Waals surface area contributed by atoms with Crippen molar-refractivity contribution < 1.29 is 17.2 Å². The van der Waals surface area contributed by atoms with Gasteiger partial charge in [0.2, 0.25) is 15.9 Å². The summed E-state index contributed by atoms with van der Waals surface area (Å²) in [6.45, 7) is 1.67. The van der Waals surface area contributed by atoms with E-state index >= 15 is 0 Å². The molecule has 1 fully saturated rings. The average molecular weight is 338 g/mol. The molecule has 0 unspecified atom stereocenters. The summed E-state index contributed by atoms with van der Waals surface area (Å²) < 4.78 is 53.4. The van der Waals surface area contributed by atoms with Gasteiger partial charge in [0.15, 0.2) is 0 Å². The highest BCUT2D eigenvalue weighted by Gasteiger charge is 2.42. The fraction of sp³-hybridized carbons (Fsp3) is 0.571. The zero-order valence-corrected chi connectivity index (χ0v) is 13.3. The van der Waals surface area contributed by atoms with Gasteiger partial charge in [-0.3, -0.25) is 0 Å². The molecule has 1 aliphatic rings. The minimum absolute atomic E-state index is 0.127. The average Bonchev–Trinajstić information content (AvgIpc) is 2.36. The molecular weight excluding hydrogens is 320 g/mol. The van der Waals surface area contributed by atoms with Crippen LogP contribution in [0, 0.1) is 0 Å². The van der Waals surface area contributed by atoms with Gasteiger partial charge in [0.05, 0.1) is 5.75 Å². The second kappa shape index (κ2) is 5.82. The van der Waals surface area contributed by atoms with Crippen LogP contribution in [0.1, 0.15) is 38.2 Å². The van der Waals surface area contributed by atoms with Gasteiger partial charge in [0.1, 0.15) is 0 Å². The molecule has 0 spiro atoms. The molecule has 0 saturated heterocycles. The smallest absolute Gasteiger partial charge is 0.212 e. The van der Waals surface area contributed by atoms with E-state index in [-0.39, 0.29) is 31.4 Å². The lowest BCUT2D eigenvalue weighted by atomic mass is 9.82. The van der Waals surface area contributed by atoms with E-state index in [4.69, 9.17) is 11.6 Å². The van der Waals surface area contributed by atoms with Gasteiger partial charge in [0, 0.05) is 23.4 Å². The van der Waals surface area contributed by atoms with Gasteiger partial charge in [-0.15, -0.1) is 0 Å². The van der Waals surface area contributed by atoms with Crippen LogP contribution in [0.2, 0.25) is 5.02 Å². The van der Waals surface area contributed by atoms with Crippen LogP contribution in [-0.4, -0.2) is 19.9 Å². The molecular formula is C14H18ClF2NO2S. The van der Waals surface area contributed by atoms with Crippen LogP contribution >= 0.6 is 11.6 Å². The number of hydrogen-bond acceptors (Lipinski definition) is 2. The number of alkyl halides is 2. The molecule has 1 saturated carbocycles. The van der Waals surface area contributed by atoms with Gasteiger partial charge < -0.3 is 0 Å². The Hall–Kier alpha value is -0.720. The molecule has 0 bridgehead atoms. The van der Waals surface area contributed by atoms with Crippen molar-refractivity contribution >= 4 is 21.6 Å². The summed E-state index contributed by atoms with van der Waals surface area (Å²) in [5, 5.41) is 0.378. The minimum atomic E-state index is -3.63. The Morgan fingerprint density at radius 3 is 2.33 bits per heavy atom. The monoisotopic (exact) mass is 337 g/mol. The highest BCUT2D eigenvalue weighted by molar-refractivity contribution is 7.88. The molecule has 0 radical (unpaired) electrons. The standard InChI is InChI=1S/C14H18ClF2NO2S/c1-13(6-8-14(16,17)9-7-13)18-21(19,20)10-11-4-2-3-5-12(11)15/h2-5,18H,6-10H2,1H3. The zero-order valence-electron chi connectivity index (χ0n) is 11.7. The van der Waals surface area contributed by atoms with E-state index in [1.807, 2.05) is 0 Å². The molecule has 3 nitrogen and oxygen atoms in total. The molecule has 0 aliphatic heterocycles. The predicted molar refractivity (Wildman–Crippen MR) is 79.0 cm³/mol. The Morgan fingerprint density at radius 2 is 1.76 bits per heavy atom. The van der Waals surface area contributed by atoms with Crippen LogP contribution in [-0.2, 0) is 15.8 Å². The molecule has 21 heavy (non-hydrogen) atoms. The quantitative estimate of drug-likeness (QED) is 0.910. The van der Waals surface area contributed by atoms with E-state index in [2.05, 4.69) is 4.72 Å². The van der Waals surface area contributed by atoms with Gasteiger partial charge in [0.25, 0.3) is 0 Å². The highest BCUT2D eigenvalue weighted by atomic mass is 35.5. The Bertz CT molecular complexity index is 609. The fourth-order valence-corrected chi connectivity index (χ4v) is 4.47. The number of hydrogen-bond donors (Lipinski definition) is 1. The zero-order chi connectivity index (χ0) is 15.7. The van der Waals surface area contributed by atoms with Crippen molar-refractivity contribution in [2.75, 3.05) is 0 Å². The van der Waals surface area contributed by atoms with Gasteiger partial charge in [-0.1, -0.05) is 29.8 Å². The summed E-state index contributed by atoms with van der Waals surface area (Å²) in [7, 11) is -3.63. The number of nitrogens with one attached hydrogen (secondary N) is 1. The predicted octanol–water partition coefficient (Wildman–Crippen LogP) is 3.73. The summed E-state index contributed by atoms with van der Waals surface area (Å²) in [5.74, 6) is -2.94. The maximum absolute atomic E-state index is 13.2. The van der Waals surface area contributed by atoms with Crippen molar-refractivity contribution in [1.82, 2.24) is 4.72 Å². The SMILES string of the molecule is CC1(NS(=O)(=O)Cc2ccccc2Cl)CCC(F)(F)CC1. The minimum Gasteiger partial charge on any atom is -0.212 e. The topological polar surface area (TPSA) is 46.2 Å².